The van der Waals surface area contributed by atoms with Crippen LogP contribution in [0.3, 0.4) is 0 Å². The molecule has 4 rings (SSSR count). The molecule has 104 valence electrons. The third kappa shape index (κ3) is 1.86. The standard InChI is InChI=1S/C14H15N3O2S/c18-14(19)9-2-1-3-11-12(9)16-13(20-11)10-6-15-7-17(10)8-4-5-8/h6-9H,1-5H2,(H,18,19). The van der Waals surface area contributed by atoms with Crippen molar-refractivity contribution in [3.63, 3.8) is 0 Å². The van der Waals surface area contributed by atoms with Crippen molar-refractivity contribution >= 4 is 17.3 Å². The number of nitrogens with zero attached hydrogens (tertiary/aromatic N) is 3. The normalized spacial score (nSPS) is 21.7. The Hall–Kier alpha value is -1.69. The molecule has 0 aromatic carbocycles. The van der Waals surface area contributed by atoms with E-state index >= 15 is 0 Å². The topological polar surface area (TPSA) is 68.0 Å². The summed E-state index contributed by atoms with van der Waals surface area (Å²) in [5.41, 5.74) is 1.82. The third-order valence-corrected chi connectivity index (χ3v) is 5.23. The van der Waals surface area contributed by atoms with Crippen molar-refractivity contribution in [2.75, 3.05) is 0 Å². The van der Waals surface area contributed by atoms with Gasteiger partial charge in [-0.1, -0.05) is 0 Å². The van der Waals surface area contributed by atoms with Crippen LogP contribution in [-0.2, 0) is 11.2 Å². The number of fused-ring (bicyclic) bond motifs is 1. The lowest BCUT2D eigenvalue weighted by atomic mass is 9.91. The largest absolute Gasteiger partial charge is 0.481 e. The fourth-order valence-corrected chi connectivity index (χ4v) is 4.06. The maximum absolute atomic E-state index is 11.3. The summed E-state index contributed by atoms with van der Waals surface area (Å²) in [5, 5.41) is 10.2. The van der Waals surface area contributed by atoms with E-state index in [0.717, 1.165) is 34.1 Å². The number of thiazole rings is 1. The van der Waals surface area contributed by atoms with Gasteiger partial charge in [-0.25, -0.2) is 9.97 Å². The van der Waals surface area contributed by atoms with E-state index in [4.69, 9.17) is 0 Å². The van der Waals surface area contributed by atoms with Crippen LogP contribution >= 0.6 is 11.3 Å². The van der Waals surface area contributed by atoms with Crippen LogP contribution in [0.15, 0.2) is 12.5 Å². The van der Waals surface area contributed by atoms with Crippen molar-refractivity contribution in [3.8, 4) is 10.7 Å². The molecule has 2 aromatic heterocycles. The van der Waals surface area contributed by atoms with Gasteiger partial charge in [0.05, 0.1) is 23.9 Å². The van der Waals surface area contributed by atoms with E-state index in [9.17, 15) is 9.90 Å². The lowest BCUT2D eigenvalue weighted by Crippen LogP contribution is -2.17. The monoisotopic (exact) mass is 289 g/mol. The van der Waals surface area contributed by atoms with Crippen LogP contribution in [-0.4, -0.2) is 25.6 Å². The Balaban J connectivity index is 1.77. The average Bonchev–Trinajstić information content (AvgIpc) is 3.02. The van der Waals surface area contributed by atoms with E-state index in [1.165, 1.54) is 12.8 Å². The quantitative estimate of drug-likeness (QED) is 0.943. The Morgan fingerprint density at radius 2 is 2.25 bits per heavy atom. The average molecular weight is 289 g/mol. The Morgan fingerprint density at radius 3 is 3.00 bits per heavy atom. The number of aryl methyl sites for hydroxylation is 1. The Bertz CT molecular complexity index is 672. The highest BCUT2D eigenvalue weighted by atomic mass is 32.1. The summed E-state index contributed by atoms with van der Waals surface area (Å²) < 4.78 is 2.18. The van der Waals surface area contributed by atoms with Gasteiger partial charge in [-0.3, -0.25) is 4.79 Å². The van der Waals surface area contributed by atoms with Gasteiger partial charge in [0.25, 0.3) is 0 Å². The second-order valence-corrected chi connectivity index (χ2v) is 6.61. The molecule has 0 radical (unpaired) electrons. The van der Waals surface area contributed by atoms with Gasteiger partial charge in [-0.05, 0) is 32.1 Å². The first-order valence-corrected chi connectivity index (χ1v) is 7.80. The van der Waals surface area contributed by atoms with Crippen LogP contribution in [0.5, 0.6) is 0 Å². The minimum Gasteiger partial charge on any atom is -0.481 e. The second kappa shape index (κ2) is 4.41. The lowest BCUT2D eigenvalue weighted by Gasteiger charge is -2.16. The van der Waals surface area contributed by atoms with Crippen LogP contribution in [0.25, 0.3) is 10.7 Å². The lowest BCUT2D eigenvalue weighted by molar-refractivity contribution is -0.139. The molecule has 6 heteroatoms. The van der Waals surface area contributed by atoms with Crippen molar-refractivity contribution in [1.82, 2.24) is 14.5 Å². The van der Waals surface area contributed by atoms with Crippen LogP contribution in [0.4, 0.5) is 0 Å². The van der Waals surface area contributed by atoms with Gasteiger partial charge in [0, 0.05) is 10.9 Å². The SMILES string of the molecule is O=C(O)C1CCCc2sc(-c3cncn3C3CC3)nc21. The highest BCUT2D eigenvalue weighted by Crippen LogP contribution is 2.42. The molecule has 0 saturated heterocycles. The Labute approximate surface area is 120 Å². The molecule has 0 bridgehead atoms. The summed E-state index contributed by atoms with van der Waals surface area (Å²) in [6.45, 7) is 0. The Kier molecular flexibility index (Phi) is 2.66. The highest BCUT2D eigenvalue weighted by molar-refractivity contribution is 7.15. The van der Waals surface area contributed by atoms with Crippen LogP contribution in [0.2, 0.25) is 0 Å². The first-order chi connectivity index (χ1) is 9.74. The van der Waals surface area contributed by atoms with Crippen molar-refractivity contribution in [3.05, 3.63) is 23.1 Å². The summed E-state index contributed by atoms with van der Waals surface area (Å²) in [6, 6.07) is 0.559. The molecule has 1 unspecified atom stereocenters. The predicted molar refractivity (Wildman–Crippen MR) is 74.9 cm³/mol. The fourth-order valence-electron chi connectivity index (χ4n) is 2.88. The summed E-state index contributed by atoms with van der Waals surface area (Å²) >= 11 is 1.64. The number of rotatable bonds is 3. The molecule has 2 aliphatic carbocycles. The van der Waals surface area contributed by atoms with E-state index in [2.05, 4.69) is 14.5 Å². The summed E-state index contributed by atoms with van der Waals surface area (Å²) in [5.74, 6) is -1.18. The van der Waals surface area contributed by atoms with Crippen molar-refractivity contribution in [2.45, 2.75) is 44.1 Å². The number of carboxylic acids is 1. The van der Waals surface area contributed by atoms with E-state index < -0.39 is 11.9 Å². The second-order valence-electron chi connectivity index (χ2n) is 5.53. The predicted octanol–water partition coefficient (Wildman–Crippen LogP) is 2.85. The number of hydrogen-bond donors (Lipinski definition) is 1. The van der Waals surface area contributed by atoms with E-state index in [1.54, 1.807) is 11.3 Å². The molecular weight excluding hydrogens is 274 g/mol. The molecule has 2 heterocycles. The zero-order chi connectivity index (χ0) is 13.7. The van der Waals surface area contributed by atoms with Crippen molar-refractivity contribution < 1.29 is 9.90 Å². The number of imidazole rings is 1. The molecule has 20 heavy (non-hydrogen) atoms. The number of carbonyl (C=O) groups is 1. The Morgan fingerprint density at radius 1 is 1.40 bits per heavy atom. The molecule has 2 aliphatic rings. The van der Waals surface area contributed by atoms with Gasteiger partial charge in [-0.2, -0.15) is 0 Å². The third-order valence-electron chi connectivity index (χ3n) is 4.08. The number of aliphatic carboxylic acids is 1. The zero-order valence-corrected chi connectivity index (χ0v) is 11.8. The molecule has 0 spiro atoms. The van der Waals surface area contributed by atoms with Crippen molar-refractivity contribution in [2.24, 2.45) is 0 Å². The maximum atomic E-state index is 11.3. The first-order valence-electron chi connectivity index (χ1n) is 6.98. The smallest absolute Gasteiger partial charge is 0.312 e. The van der Waals surface area contributed by atoms with Crippen LogP contribution < -0.4 is 0 Å². The molecule has 1 fully saturated rings. The van der Waals surface area contributed by atoms with Gasteiger partial charge in [-0.15, -0.1) is 11.3 Å². The van der Waals surface area contributed by atoms with Gasteiger partial charge < -0.3 is 9.67 Å². The summed E-state index contributed by atoms with van der Waals surface area (Å²) in [7, 11) is 0. The molecule has 0 amide bonds. The number of carboxylic acid groups (broad SMARTS) is 1. The molecule has 2 aromatic rings. The van der Waals surface area contributed by atoms with Gasteiger partial charge in [0.15, 0.2) is 0 Å². The highest BCUT2D eigenvalue weighted by Gasteiger charge is 2.32. The molecule has 1 saturated carbocycles. The molecular formula is C14H15N3O2S. The molecule has 1 atom stereocenters. The van der Waals surface area contributed by atoms with Crippen molar-refractivity contribution in [1.29, 1.82) is 0 Å². The first kappa shape index (κ1) is 12.1. The minimum atomic E-state index is -0.751. The minimum absolute atomic E-state index is 0.430. The van der Waals surface area contributed by atoms with Gasteiger partial charge in [0.1, 0.15) is 10.9 Å². The molecule has 1 N–H and O–H groups in total. The summed E-state index contributed by atoms with van der Waals surface area (Å²) in [4.78, 5) is 21.4. The van der Waals surface area contributed by atoms with Gasteiger partial charge in [0.2, 0.25) is 0 Å². The zero-order valence-electron chi connectivity index (χ0n) is 11.0. The van der Waals surface area contributed by atoms with Crippen LogP contribution in [0.1, 0.15) is 48.2 Å². The van der Waals surface area contributed by atoms with Crippen LogP contribution in [0, 0.1) is 0 Å². The fraction of sp³-hybridized carbons (Fsp3) is 0.500. The molecule has 5 nitrogen and oxygen atoms in total. The van der Waals surface area contributed by atoms with Gasteiger partial charge >= 0.3 is 5.97 Å². The van der Waals surface area contributed by atoms with E-state index in [1.807, 2.05) is 12.5 Å². The van der Waals surface area contributed by atoms with E-state index in [0.29, 0.717) is 12.5 Å². The number of hydrogen-bond acceptors (Lipinski definition) is 4. The number of aromatic nitrogens is 3. The van der Waals surface area contributed by atoms with E-state index in [-0.39, 0.29) is 0 Å². The summed E-state index contributed by atoms with van der Waals surface area (Å²) in [6.07, 6.45) is 8.70. The molecule has 0 aliphatic heterocycles. The maximum Gasteiger partial charge on any atom is 0.312 e.